The maximum Gasteiger partial charge on any atom is 0.228 e. The maximum absolute atomic E-state index is 11.8. The summed E-state index contributed by atoms with van der Waals surface area (Å²) < 4.78 is 0. The third-order valence-corrected chi connectivity index (χ3v) is 2.99. The summed E-state index contributed by atoms with van der Waals surface area (Å²) in [7, 11) is 0. The lowest BCUT2D eigenvalue weighted by molar-refractivity contribution is -0.119. The first kappa shape index (κ1) is 13.7. The molecule has 1 amide bonds. The number of carbonyl (C=O) groups is 1. The van der Waals surface area contributed by atoms with E-state index < -0.39 is 0 Å². The molecular weight excluding hydrogens is 212 g/mol. The fourth-order valence-electron chi connectivity index (χ4n) is 1.50. The highest BCUT2D eigenvalue weighted by atomic mass is 16.1. The predicted octanol–water partition coefficient (Wildman–Crippen LogP) is 2.65. The number of rotatable bonds is 4. The third-order valence-electron chi connectivity index (χ3n) is 2.99. The van der Waals surface area contributed by atoms with Crippen LogP contribution in [0, 0.1) is 12.8 Å². The largest absolute Gasteiger partial charge is 0.330 e. The number of amides is 1. The average molecular weight is 234 g/mol. The summed E-state index contributed by atoms with van der Waals surface area (Å²) in [6.07, 6.45) is 0. The maximum atomic E-state index is 11.8. The van der Waals surface area contributed by atoms with Crippen molar-refractivity contribution in [2.24, 2.45) is 11.7 Å². The van der Waals surface area contributed by atoms with Crippen LogP contribution in [0.5, 0.6) is 0 Å². The van der Waals surface area contributed by atoms with E-state index in [9.17, 15) is 4.79 Å². The first-order valence-electron chi connectivity index (χ1n) is 6.07. The highest BCUT2D eigenvalue weighted by Crippen LogP contribution is 2.22. The van der Waals surface area contributed by atoms with E-state index in [0.29, 0.717) is 12.5 Å². The van der Waals surface area contributed by atoms with Crippen molar-refractivity contribution in [1.82, 2.24) is 0 Å². The van der Waals surface area contributed by atoms with Gasteiger partial charge in [-0.15, -0.1) is 0 Å². The van der Waals surface area contributed by atoms with Crippen molar-refractivity contribution in [3.8, 4) is 0 Å². The minimum atomic E-state index is -0.155. The lowest BCUT2D eigenvalue weighted by atomic mass is 10.0. The van der Waals surface area contributed by atoms with Gasteiger partial charge in [-0.25, -0.2) is 0 Å². The van der Waals surface area contributed by atoms with E-state index in [1.54, 1.807) is 0 Å². The van der Waals surface area contributed by atoms with Gasteiger partial charge in [0.15, 0.2) is 0 Å². The lowest BCUT2D eigenvalue weighted by Gasteiger charge is -2.14. The monoisotopic (exact) mass is 234 g/mol. The summed E-state index contributed by atoms with van der Waals surface area (Å²) >= 11 is 0. The van der Waals surface area contributed by atoms with Crippen molar-refractivity contribution < 1.29 is 4.79 Å². The van der Waals surface area contributed by atoms with E-state index in [2.05, 4.69) is 25.2 Å². The van der Waals surface area contributed by atoms with Crippen LogP contribution in [-0.4, -0.2) is 12.5 Å². The van der Waals surface area contributed by atoms with Crippen molar-refractivity contribution in [1.29, 1.82) is 0 Å². The van der Waals surface area contributed by atoms with Gasteiger partial charge in [0.25, 0.3) is 0 Å². The first-order chi connectivity index (χ1) is 7.95. The fourth-order valence-corrected chi connectivity index (χ4v) is 1.50. The molecule has 0 aliphatic heterocycles. The fraction of sp³-hybridized carbons (Fsp3) is 0.500. The van der Waals surface area contributed by atoms with Gasteiger partial charge in [-0.1, -0.05) is 32.9 Å². The zero-order chi connectivity index (χ0) is 13.0. The molecule has 0 fully saturated rings. The Hall–Kier alpha value is -1.35. The average Bonchev–Trinajstić information content (AvgIpc) is 2.30. The summed E-state index contributed by atoms with van der Waals surface area (Å²) in [6, 6.07) is 6.18. The zero-order valence-corrected chi connectivity index (χ0v) is 11.1. The molecule has 0 aliphatic carbocycles. The Morgan fingerprint density at radius 1 is 1.35 bits per heavy atom. The van der Waals surface area contributed by atoms with Crippen LogP contribution in [0.15, 0.2) is 18.2 Å². The summed E-state index contributed by atoms with van der Waals surface area (Å²) in [5, 5.41) is 2.94. The summed E-state index contributed by atoms with van der Waals surface area (Å²) in [5.74, 6) is 0.284. The van der Waals surface area contributed by atoms with E-state index in [-0.39, 0.29) is 11.8 Å². The molecule has 1 atom stereocenters. The van der Waals surface area contributed by atoms with Crippen molar-refractivity contribution in [2.45, 2.75) is 33.6 Å². The van der Waals surface area contributed by atoms with Gasteiger partial charge >= 0.3 is 0 Å². The van der Waals surface area contributed by atoms with Gasteiger partial charge in [0.05, 0.1) is 0 Å². The van der Waals surface area contributed by atoms with Crippen LogP contribution in [0.25, 0.3) is 0 Å². The smallest absolute Gasteiger partial charge is 0.228 e. The standard InChI is InChI=1S/C14H22N2O/c1-9(2)12-6-5-10(3)13(7-12)16-14(17)11(4)8-15/h5-7,9,11H,8,15H2,1-4H3,(H,16,17). The van der Waals surface area contributed by atoms with Gasteiger partial charge in [-0.3, -0.25) is 4.79 Å². The summed E-state index contributed by atoms with van der Waals surface area (Å²) in [5.41, 5.74) is 8.68. The van der Waals surface area contributed by atoms with Crippen LogP contribution in [0.3, 0.4) is 0 Å². The molecular formula is C14H22N2O. The van der Waals surface area contributed by atoms with Crippen molar-refractivity contribution >= 4 is 11.6 Å². The number of aryl methyl sites for hydroxylation is 1. The second-order valence-electron chi connectivity index (χ2n) is 4.86. The molecule has 3 heteroatoms. The minimum absolute atomic E-state index is 0.0171. The van der Waals surface area contributed by atoms with Gasteiger partial charge in [0.2, 0.25) is 5.91 Å². The summed E-state index contributed by atoms with van der Waals surface area (Å²) in [6.45, 7) is 8.47. The Kier molecular flexibility index (Phi) is 4.70. The second-order valence-corrected chi connectivity index (χ2v) is 4.86. The third kappa shape index (κ3) is 3.56. The van der Waals surface area contributed by atoms with E-state index in [0.717, 1.165) is 11.3 Å². The van der Waals surface area contributed by atoms with Gasteiger partial charge in [0, 0.05) is 18.2 Å². The van der Waals surface area contributed by atoms with Gasteiger partial charge in [-0.2, -0.15) is 0 Å². The van der Waals surface area contributed by atoms with Gasteiger partial charge in [0.1, 0.15) is 0 Å². The molecule has 1 aromatic rings. The molecule has 0 spiro atoms. The molecule has 94 valence electrons. The SMILES string of the molecule is Cc1ccc(C(C)C)cc1NC(=O)C(C)CN. The van der Waals surface area contributed by atoms with Gasteiger partial charge < -0.3 is 11.1 Å². The molecule has 1 rings (SSSR count). The Labute approximate surface area is 103 Å². The number of benzene rings is 1. The molecule has 0 saturated carbocycles. The Balaban J connectivity index is 2.90. The number of hydrogen-bond donors (Lipinski definition) is 2. The van der Waals surface area contributed by atoms with E-state index in [1.165, 1.54) is 5.56 Å². The normalized spacial score (nSPS) is 12.6. The summed E-state index contributed by atoms with van der Waals surface area (Å²) in [4.78, 5) is 11.8. The van der Waals surface area contributed by atoms with Crippen LogP contribution < -0.4 is 11.1 Å². The number of nitrogens with one attached hydrogen (secondary N) is 1. The predicted molar refractivity (Wildman–Crippen MR) is 72.1 cm³/mol. The number of nitrogens with two attached hydrogens (primary N) is 1. The second kappa shape index (κ2) is 5.82. The Morgan fingerprint density at radius 3 is 2.53 bits per heavy atom. The molecule has 0 bridgehead atoms. The molecule has 1 aromatic carbocycles. The van der Waals surface area contributed by atoms with Crippen LogP contribution >= 0.6 is 0 Å². The molecule has 0 aliphatic rings. The number of hydrogen-bond acceptors (Lipinski definition) is 2. The number of anilines is 1. The highest BCUT2D eigenvalue weighted by Gasteiger charge is 2.12. The zero-order valence-electron chi connectivity index (χ0n) is 11.1. The topological polar surface area (TPSA) is 55.1 Å². The molecule has 17 heavy (non-hydrogen) atoms. The Bertz CT molecular complexity index is 399. The minimum Gasteiger partial charge on any atom is -0.330 e. The molecule has 3 N–H and O–H groups in total. The Morgan fingerprint density at radius 2 is 2.00 bits per heavy atom. The van der Waals surface area contributed by atoms with Gasteiger partial charge in [-0.05, 0) is 30.0 Å². The van der Waals surface area contributed by atoms with Crippen molar-refractivity contribution in [2.75, 3.05) is 11.9 Å². The molecule has 0 heterocycles. The van der Waals surface area contributed by atoms with Crippen LogP contribution in [0.2, 0.25) is 0 Å². The first-order valence-corrected chi connectivity index (χ1v) is 6.07. The molecule has 1 unspecified atom stereocenters. The van der Waals surface area contributed by atoms with Crippen LogP contribution in [-0.2, 0) is 4.79 Å². The van der Waals surface area contributed by atoms with Crippen molar-refractivity contribution in [3.63, 3.8) is 0 Å². The quantitative estimate of drug-likeness (QED) is 0.841. The van der Waals surface area contributed by atoms with E-state index in [1.807, 2.05) is 26.0 Å². The number of carbonyl (C=O) groups excluding carboxylic acids is 1. The molecule has 0 aromatic heterocycles. The lowest BCUT2D eigenvalue weighted by Crippen LogP contribution is -2.27. The van der Waals surface area contributed by atoms with Crippen LogP contribution in [0.1, 0.15) is 37.8 Å². The van der Waals surface area contributed by atoms with Crippen LogP contribution in [0.4, 0.5) is 5.69 Å². The molecule has 0 radical (unpaired) electrons. The molecule has 3 nitrogen and oxygen atoms in total. The van der Waals surface area contributed by atoms with E-state index >= 15 is 0 Å². The van der Waals surface area contributed by atoms with Crippen molar-refractivity contribution in [3.05, 3.63) is 29.3 Å². The highest BCUT2D eigenvalue weighted by molar-refractivity contribution is 5.93. The molecule has 0 saturated heterocycles. The van der Waals surface area contributed by atoms with E-state index in [4.69, 9.17) is 5.73 Å².